The van der Waals surface area contributed by atoms with Gasteiger partial charge in [0.15, 0.2) is 0 Å². The van der Waals surface area contributed by atoms with E-state index < -0.39 is 0 Å². The summed E-state index contributed by atoms with van der Waals surface area (Å²) in [6.07, 6.45) is 0. The lowest BCUT2D eigenvalue weighted by Gasteiger charge is -2.26. The van der Waals surface area contributed by atoms with Gasteiger partial charge in [0.25, 0.3) is 0 Å². The first-order valence-corrected chi connectivity index (χ1v) is 4.46. The van der Waals surface area contributed by atoms with Crippen molar-refractivity contribution in [3.8, 4) is 6.07 Å². The predicted octanol–water partition coefficient (Wildman–Crippen LogP) is 0.828. The molecule has 1 unspecified atom stereocenters. The maximum absolute atomic E-state index is 8.71. The molecule has 70 valence electrons. The predicted molar refractivity (Wildman–Crippen MR) is 50.8 cm³/mol. The smallest absolute Gasteiger partial charge is 0.108 e. The number of nitriles is 1. The molecule has 0 radical (unpaired) electrons. The van der Waals surface area contributed by atoms with Crippen molar-refractivity contribution in [2.24, 2.45) is 0 Å². The maximum atomic E-state index is 8.71. The van der Waals surface area contributed by atoms with Gasteiger partial charge in [0, 0.05) is 12.6 Å². The molecule has 0 aliphatic carbocycles. The van der Waals surface area contributed by atoms with Crippen LogP contribution in [-0.4, -0.2) is 37.1 Å². The minimum atomic E-state index is -0.0488. The zero-order chi connectivity index (χ0) is 9.56. The van der Waals surface area contributed by atoms with Gasteiger partial charge in [0.2, 0.25) is 0 Å². The summed E-state index contributed by atoms with van der Waals surface area (Å²) >= 11 is 0. The van der Waals surface area contributed by atoms with Crippen LogP contribution >= 0.6 is 0 Å². The van der Waals surface area contributed by atoms with Crippen molar-refractivity contribution in [2.45, 2.75) is 32.9 Å². The van der Waals surface area contributed by atoms with Crippen molar-refractivity contribution in [3.05, 3.63) is 0 Å². The lowest BCUT2D eigenvalue weighted by molar-refractivity contribution is 0.223. The van der Waals surface area contributed by atoms with Crippen LogP contribution in [-0.2, 0) is 0 Å². The van der Waals surface area contributed by atoms with Gasteiger partial charge >= 0.3 is 0 Å². The van der Waals surface area contributed by atoms with Gasteiger partial charge in [-0.2, -0.15) is 5.26 Å². The first kappa shape index (κ1) is 11.4. The molecule has 12 heavy (non-hydrogen) atoms. The van der Waals surface area contributed by atoms with Crippen LogP contribution in [0.5, 0.6) is 0 Å². The molecule has 0 aliphatic rings. The molecule has 1 N–H and O–H groups in total. The molecule has 0 aliphatic heterocycles. The minimum absolute atomic E-state index is 0.0488. The fourth-order valence-corrected chi connectivity index (χ4v) is 1.14. The second-order valence-corrected chi connectivity index (χ2v) is 3.15. The summed E-state index contributed by atoms with van der Waals surface area (Å²) in [5.74, 6) is 0. The van der Waals surface area contributed by atoms with Gasteiger partial charge in [-0.1, -0.05) is 6.92 Å². The third-order valence-corrected chi connectivity index (χ3v) is 2.06. The average molecular weight is 169 g/mol. The number of likely N-dealkylation sites (N-methyl/N-ethyl adjacent to an activating group) is 2. The van der Waals surface area contributed by atoms with E-state index in [1.54, 1.807) is 0 Å². The van der Waals surface area contributed by atoms with Gasteiger partial charge < -0.3 is 5.32 Å². The van der Waals surface area contributed by atoms with E-state index in [4.69, 9.17) is 5.26 Å². The highest BCUT2D eigenvalue weighted by molar-refractivity contribution is 4.91. The lowest BCUT2D eigenvalue weighted by Crippen LogP contribution is -2.41. The molecule has 0 aromatic rings. The maximum Gasteiger partial charge on any atom is 0.108 e. The Labute approximate surface area is 75.4 Å². The molecule has 0 saturated heterocycles. The third kappa shape index (κ3) is 3.70. The van der Waals surface area contributed by atoms with E-state index in [0.717, 1.165) is 13.1 Å². The summed E-state index contributed by atoms with van der Waals surface area (Å²) < 4.78 is 0. The summed E-state index contributed by atoms with van der Waals surface area (Å²) in [5.41, 5.74) is 0. The Hall–Kier alpha value is -0.590. The molecule has 3 heteroatoms. The standard InChI is InChI=1S/C9H19N3/c1-5-12(8(2)3)7-9(6-10)11-4/h8-9,11H,5,7H2,1-4H3. The monoisotopic (exact) mass is 169 g/mol. The van der Waals surface area contributed by atoms with Gasteiger partial charge in [0.05, 0.1) is 6.07 Å². The van der Waals surface area contributed by atoms with E-state index in [0.29, 0.717) is 6.04 Å². The van der Waals surface area contributed by atoms with Crippen LogP contribution in [0.15, 0.2) is 0 Å². The van der Waals surface area contributed by atoms with Crippen LogP contribution < -0.4 is 5.32 Å². The molecule has 0 aromatic heterocycles. The molecule has 0 aromatic carbocycles. The van der Waals surface area contributed by atoms with E-state index in [-0.39, 0.29) is 6.04 Å². The normalized spacial score (nSPS) is 13.4. The van der Waals surface area contributed by atoms with Crippen molar-refractivity contribution >= 4 is 0 Å². The second kappa shape index (κ2) is 5.99. The van der Waals surface area contributed by atoms with Crippen molar-refractivity contribution < 1.29 is 0 Å². The van der Waals surface area contributed by atoms with Gasteiger partial charge in [-0.05, 0) is 27.4 Å². The Morgan fingerprint density at radius 2 is 2.08 bits per heavy atom. The average Bonchev–Trinajstić information content (AvgIpc) is 2.06. The molecule has 0 heterocycles. The summed E-state index contributed by atoms with van der Waals surface area (Å²) in [6.45, 7) is 8.21. The number of nitrogens with one attached hydrogen (secondary N) is 1. The molecular formula is C9H19N3. The van der Waals surface area contributed by atoms with Gasteiger partial charge in [-0.15, -0.1) is 0 Å². The minimum Gasteiger partial charge on any atom is -0.304 e. The van der Waals surface area contributed by atoms with Crippen molar-refractivity contribution in [2.75, 3.05) is 20.1 Å². The van der Waals surface area contributed by atoms with E-state index in [1.807, 2.05) is 7.05 Å². The lowest BCUT2D eigenvalue weighted by atomic mass is 10.2. The Balaban J connectivity index is 3.93. The zero-order valence-electron chi connectivity index (χ0n) is 8.46. The molecule has 0 spiro atoms. The number of hydrogen-bond acceptors (Lipinski definition) is 3. The van der Waals surface area contributed by atoms with Crippen LogP contribution in [0, 0.1) is 11.3 Å². The van der Waals surface area contributed by atoms with Crippen molar-refractivity contribution in [1.82, 2.24) is 10.2 Å². The first-order chi connectivity index (χ1) is 5.65. The van der Waals surface area contributed by atoms with E-state index in [9.17, 15) is 0 Å². The van der Waals surface area contributed by atoms with E-state index >= 15 is 0 Å². The summed E-state index contributed by atoms with van der Waals surface area (Å²) in [6, 6.07) is 2.68. The SMILES string of the molecule is CCN(CC(C#N)NC)C(C)C. The second-order valence-electron chi connectivity index (χ2n) is 3.15. The Kier molecular flexibility index (Phi) is 5.69. The molecule has 0 rings (SSSR count). The highest BCUT2D eigenvalue weighted by atomic mass is 15.2. The van der Waals surface area contributed by atoms with Gasteiger partial charge in [-0.25, -0.2) is 0 Å². The van der Waals surface area contributed by atoms with Crippen molar-refractivity contribution in [1.29, 1.82) is 5.26 Å². The molecule has 1 atom stereocenters. The van der Waals surface area contributed by atoms with Crippen LogP contribution in [0.25, 0.3) is 0 Å². The third-order valence-electron chi connectivity index (χ3n) is 2.06. The Morgan fingerprint density at radius 1 is 1.50 bits per heavy atom. The quantitative estimate of drug-likeness (QED) is 0.662. The van der Waals surface area contributed by atoms with Crippen LogP contribution in [0.2, 0.25) is 0 Å². The number of rotatable bonds is 5. The molecule has 0 amide bonds. The topological polar surface area (TPSA) is 39.1 Å². The molecule has 0 bridgehead atoms. The fraction of sp³-hybridized carbons (Fsp3) is 0.889. The van der Waals surface area contributed by atoms with E-state index in [2.05, 4.69) is 37.1 Å². The molecule has 3 nitrogen and oxygen atoms in total. The number of nitrogens with zero attached hydrogens (tertiary/aromatic N) is 2. The van der Waals surface area contributed by atoms with Crippen LogP contribution in [0.4, 0.5) is 0 Å². The van der Waals surface area contributed by atoms with Gasteiger partial charge in [-0.3, -0.25) is 4.90 Å². The Bertz CT molecular complexity index is 148. The Morgan fingerprint density at radius 3 is 2.33 bits per heavy atom. The fourth-order valence-electron chi connectivity index (χ4n) is 1.14. The summed E-state index contributed by atoms with van der Waals surface area (Å²) in [5, 5.41) is 11.7. The summed E-state index contributed by atoms with van der Waals surface area (Å²) in [7, 11) is 1.82. The number of hydrogen-bond donors (Lipinski definition) is 1. The molecule has 0 saturated carbocycles. The molecular weight excluding hydrogens is 150 g/mol. The highest BCUT2D eigenvalue weighted by Gasteiger charge is 2.12. The van der Waals surface area contributed by atoms with Crippen LogP contribution in [0.3, 0.4) is 0 Å². The first-order valence-electron chi connectivity index (χ1n) is 4.46. The largest absolute Gasteiger partial charge is 0.304 e. The molecule has 0 fully saturated rings. The highest BCUT2D eigenvalue weighted by Crippen LogP contribution is 1.98. The van der Waals surface area contributed by atoms with Crippen LogP contribution in [0.1, 0.15) is 20.8 Å². The van der Waals surface area contributed by atoms with Crippen molar-refractivity contribution in [3.63, 3.8) is 0 Å². The summed E-state index contributed by atoms with van der Waals surface area (Å²) in [4.78, 5) is 2.27. The van der Waals surface area contributed by atoms with Gasteiger partial charge in [0.1, 0.15) is 6.04 Å². The zero-order valence-corrected chi connectivity index (χ0v) is 8.46. The van der Waals surface area contributed by atoms with E-state index in [1.165, 1.54) is 0 Å².